The Morgan fingerprint density at radius 1 is 1.32 bits per heavy atom. The van der Waals surface area contributed by atoms with Crippen molar-refractivity contribution in [3.05, 3.63) is 0 Å². The van der Waals surface area contributed by atoms with Gasteiger partial charge >= 0.3 is 0 Å². The first-order valence-electron chi connectivity index (χ1n) is 6.70. The fourth-order valence-electron chi connectivity index (χ4n) is 2.31. The van der Waals surface area contributed by atoms with E-state index in [1.54, 1.807) is 6.92 Å². The average molecular weight is 308 g/mol. The van der Waals surface area contributed by atoms with E-state index in [0.717, 1.165) is 12.8 Å². The first-order chi connectivity index (χ1) is 8.92. The summed E-state index contributed by atoms with van der Waals surface area (Å²) in [5.41, 5.74) is 5.77. The van der Waals surface area contributed by atoms with E-state index in [-0.39, 0.29) is 6.04 Å². The molecule has 1 unspecified atom stereocenters. The van der Waals surface area contributed by atoms with Gasteiger partial charge in [-0.15, -0.1) is 0 Å². The van der Waals surface area contributed by atoms with E-state index in [4.69, 9.17) is 18.0 Å². The topological polar surface area (TPSA) is 78.7 Å². The van der Waals surface area contributed by atoms with Gasteiger partial charge in [-0.3, -0.25) is 4.90 Å². The average Bonchev–Trinajstić information content (AvgIpc) is 2.35. The molecule has 0 bridgehead atoms. The summed E-state index contributed by atoms with van der Waals surface area (Å²) < 4.78 is 27.7. The molecule has 19 heavy (non-hydrogen) atoms. The summed E-state index contributed by atoms with van der Waals surface area (Å²) in [6.45, 7) is 6.60. The van der Waals surface area contributed by atoms with Gasteiger partial charge in [0.1, 0.15) is 0 Å². The van der Waals surface area contributed by atoms with E-state index >= 15 is 0 Å². The van der Waals surface area contributed by atoms with Crippen LogP contribution in [0.25, 0.3) is 0 Å². The monoisotopic (exact) mass is 308 g/mol. The van der Waals surface area contributed by atoms with Crippen molar-refractivity contribution in [3.63, 3.8) is 0 Å². The molecule has 0 aromatic heterocycles. The zero-order chi connectivity index (χ0) is 14.5. The molecule has 8 heteroatoms. The molecule has 0 spiro atoms. The van der Waals surface area contributed by atoms with Gasteiger partial charge in [-0.2, -0.15) is 12.7 Å². The fourth-order valence-corrected chi connectivity index (χ4v) is 3.77. The van der Waals surface area contributed by atoms with Gasteiger partial charge in [0.2, 0.25) is 0 Å². The van der Waals surface area contributed by atoms with Gasteiger partial charge in [0.25, 0.3) is 10.2 Å². The zero-order valence-corrected chi connectivity index (χ0v) is 13.3. The molecule has 1 aliphatic heterocycles. The van der Waals surface area contributed by atoms with Crippen LogP contribution >= 0.6 is 12.2 Å². The Bertz CT molecular complexity index is 391. The largest absolute Gasteiger partial charge is 0.392 e. The van der Waals surface area contributed by atoms with Gasteiger partial charge in [0.15, 0.2) is 0 Å². The molecule has 0 amide bonds. The normalized spacial score (nSPS) is 20.3. The van der Waals surface area contributed by atoms with Gasteiger partial charge in [0.05, 0.1) is 11.0 Å². The third kappa shape index (κ3) is 4.64. The van der Waals surface area contributed by atoms with Crippen molar-refractivity contribution in [2.75, 3.05) is 32.7 Å². The number of nitrogens with zero attached hydrogens (tertiary/aromatic N) is 2. The SMILES string of the molecule is CCCC(C(N)=S)N1CCN(S(=O)(=O)NCC)CC1. The number of rotatable bonds is 7. The van der Waals surface area contributed by atoms with E-state index in [1.807, 2.05) is 0 Å². The molecule has 1 atom stereocenters. The van der Waals surface area contributed by atoms with Crippen molar-refractivity contribution < 1.29 is 8.42 Å². The molecule has 0 aromatic rings. The lowest BCUT2D eigenvalue weighted by Gasteiger charge is -2.38. The lowest BCUT2D eigenvalue weighted by Crippen LogP contribution is -2.56. The molecule has 6 nitrogen and oxygen atoms in total. The molecule has 0 radical (unpaired) electrons. The predicted molar refractivity (Wildman–Crippen MR) is 81.2 cm³/mol. The molecular weight excluding hydrogens is 284 g/mol. The smallest absolute Gasteiger partial charge is 0.279 e. The first kappa shape index (κ1) is 16.8. The number of nitrogens with one attached hydrogen (secondary N) is 1. The third-order valence-corrected chi connectivity index (χ3v) is 5.24. The standard InChI is InChI=1S/C11H24N4O2S2/c1-3-5-10(11(12)18)14-6-8-15(9-7-14)19(16,17)13-4-2/h10,13H,3-9H2,1-2H3,(H2,12,18). The highest BCUT2D eigenvalue weighted by atomic mass is 32.2. The van der Waals surface area contributed by atoms with Crippen LogP contribution in [-0.2, 0) is 10.2 Å². The quantitative estimate of drug-likeness (QED) is 0.643. The van der Waals surface area contributed by atoms with Gasteiger partial charge in [-0.25, -0.2) is 4.72 Å². The molecule has 1 heterocycles. The van der Waals surface area contributed by atoms with Crippen molar-refractivity contribution >= 4 is 27.4 Å². The van der Waals surface area contributed by atoms with Gasteiger partial charge in [0, 0.05) is 32.7 Å². The second kappa shape index (κ2) is 7.49. The van der Waals surface area contributed by atoms with Crippen LogP contribution in [0.1, 0.15) is 26.7 Å². The van der Waals surface area contributed by atoms with E-state index in [0.29, 0.717) is 37.7 Å². The highest BCUT2D eigenvalue weighted by Crippen LogP contribution is 2.13. The zero-order valence-electron chi connectivity index (χ0n) is 11.6. The second-order valence-corrected chi connectivity index (χ2v) is 6.87. The summed E-state index contributed by atoms with van der Waals surface area (Å²) in [6, 6.07) is 0.0870. The van der Waals surface area contributed by atoms with Crippen LogP contribution in [0.4, 0.5) is 0 Å². The Hall–Kier alpha value is -0.280. The van der Waals surface area contributed by atoms with Gasteiger partial charge < -0.3 is 5.73 Å². The molecule has 1 saturated heterocycles. The minimum Gasteiger partial charge on any atom is -0.392 e. The predicted octanol–water partition coefficient (Wildman–Crippen LogP) is -0.0869. The summed E-state index contributed by atoms with van der Waals surface area (Å²) in [5.74, 6) is 0. The van der Waals surface area contributed by atoms with Crippen LogP contribution in [-0.4, -0.2) is 61.4 Å². The minimum atomic E-state index is -3.32. The highest BCUT2D eigenvalue weighted by molar-refractivity contribution is 7.87. The maximum atomic E-state index is 11.9. The third-order valence-electron chi connectivity index (χ3n) is 3.27. The molecule has 1 rings (SSSR count). The summed E-state index contributed by atoms with van der Waals surface area (Å²) in [5, 5.41) is 0. The van der Waals surface area contributed by atoms with Crippen molar-refractivity contribution in [1.29, 1.82) is 0 Å². The fraction of sp³-hybridized carbons (Fsp3) is 0.909. The van der Waals surface area contributed by atoms with Crippen LogP contribution in [0.3, 0.4) is 0 Å². The van der Waals surface area contributed by atoms with Crippen LogP contribution < -0.4 is 10.5 Å². The Morgan fingerprint density at radius 2 is 1.89 bits per heavy atom. The number of thiocarbonyl (C=S) groups is 1. The van der Waals surface area contributed by atoms with Crippen molar-refractivity contribution in [2.45, 2.75) is 32.7 Å². The lowest BCUT2D eigenvalue weighted by molar-refractivity contribution is 0.161. The van der Waals surface area contributed by atoms with E-state index < -0.39 is 10.2 Å². The molecule has 112 valence electrons. The first-order valence-corrected chi connectivity index (χ1v) is 8.55. The molecule has 3 N–H and O–H groups in total. The van der Waals surface area contributed by atoms with Crippen LogP contribution in [0.5, 0.6) is 0 Å². The molecular formula is C11H24N4O2S2. The minimum absolute atomic E-state index is 0.0870. The molecule has 1 aliphatic rings. The Kier molecular flexibility index (Phi) is 6.61. The van der Waals surface area contributed by atoms with E-state index in [9.17, 15) is 8.42 Å². The number of hydrogen-bond donors (Lipinski definition) is 2. The van der Waals surface area contributed by atoms with Crippen LogP contribution in [0.2, 0.25) is 0 Å². The van der Waals surface area contributed by atoms with Crippen LogP contribution in [0.15, 0.2) is 0 Å². The molecule has 0 saturated carbocycles. The Labute approximate surface area is 121 Å². The van der Waals surface area contributed by atoms with Gasteiger partial charge in [-0.05, 0) is 6.42 Å². The van der Waals surface area contributed by atoms with Crippen molar-refractivity contribution in [1.82, 2.24) is 13.9 Å². The maximum absolute atomic E-state index is 11.9. The number of nitrogens with two attached hydrogens (primary N) is 1. The second-order valence-electron chi connectivity index (χ2n) is 4.64. The summed E-state index contributed by atoms with van der Waals surface area (Å²) >= 11 is 5.10. The summed E-state index contributed by atoms with van der Waals surface area (Å²) in [4.78, 5) is 2.69. The van der Waals surface area contributed by atoms with E-state index in [2.05, 4.69) is 16.5 Å². The van der Waals surface area contributed by atoms with Crippen LogP contribution in [0, 0.1) is 0 Å². The van der Waals surface area contributed by atoms with Crippen molar-refractivity contribution in [2.24, 2.45) is 5.73 Å². The van der Waals surface area contributed by atoms with Gasteiger partial charge in [-0.1, -0.05) is 32.5 Å². The molecule has 0 aromatic carbocycles. The highest BCUT2D eigenvalue weighted by Gasteiger charge is 2.29. The lowest BCUT2D eigenvalue weighted by atomic mass is 10.1. The summed E-state index contributed by atoms with van der Waals surface area (Å²) in [7, 11) is -3.32. The molecule has 0 aliphatic carbocycles. The maximum Gasteiger partial charge on any atom is 0.279 e. The Morgan fingerprint density at radius 3 is 2.32 bits per heavy atom. The van der Waals surface area contributed by atoms with Crippen molar-refractivity contribution in [3.8, 4) is 0 Å². The number of piperazine rings is 1. The van der Waals surface area contributed by atoms with E-state index in [1.165, 1.54) is 4.31 Å². The molecule has 1 fully saturated rings. The Balaban J connectivity index is 2.59. The number of hydrogen-bond acceptors (Lipinski definition) is 4. The summed E-state index contributed by atoms with van der Waals surface area (Å²) in [6.07, 6.45) is 1.94.